The molecule has 1 N–H and O–H groups in total. The average molecular weight is 250 g/mol. The van der Waals surface area contributed by atoms with Gasteiger partial charge in [0.05, 0.1) is 6.54 Å². The first-order valence-electron chi connectivity index (χ1n) is 5.86. The molecule has 0 saturated heterocycles. The third kappa shape index (κ3) is 2.73. The van der Waals surface area contributed by atoms with E-state index in [0.29, 0.717) is 6.04 Å². The number of thiophene rings is 1. The van der Waals surface area contributed by atoms with Gasteiger partial charge in [-0.2, -0.15) is 0 Å². The van der Waals surface area contributed by atoms with Gasteiger partial charge in [0.25, 0.3) is 0 Å². The first-order chi connectivity index (χ1) is 8.22. The minimum atomic E-state index is 0.358. The number of nitrogens with zero attached hydrogens (tertiary/aromatic N) is 3. The summed E-state index contributed by atoms with van der Waals surface area (Å²) in [5.41, 5.74) is 1.35. The lowest BCUT2D eigenvalue weighted by Gasteiger charge is -2.13. The third-order valence-electron chi connectivity index (χ3n) is 2.90. The Kier molecular flexibility index (Phi) is 3.91. The summed E-state index contributed by atoms with van der Waals surface area (Å²) in [4.78, 5) is 1.40. The molecule has 2 aromatic rings. The zero-order valence-electron chi connectivity index (χ0n) is 10.5. The Balaban J connectivity index is 1.97. The van der Waals surface area contributed by atoms with Gasteiger partial charge in [0.15, 0.2) is 0 Å². The summed E-state index contributed by atoms with van der Waals surface area (Å²) in [5.74, 6) is 0.994. The van der Waals surface area contributed by atoms with Gasteiger partial charge in [-0.3, -0.25) is 0 Å². The predicted octanol–water partition coefficient (Wildman–Crippen LogP) is 2.52. The van der Waals surface area contributed by atoms with Crippen molar-refractivity contribution >= 4 is 11.3 Å². The van der Waals surface area contributed by atoms with Gasteiger partial charge in [-0.05, 0) is 37.8 Å². The lowest BCUT2D eigenvalue weighted by molar-refractivity contribution is 0.544. The minimum absolute atomic E-state index is 0.358. The number of aryl methyl sites for hydroxylation is 2. The first-order valence-corrected chi connectivity index (χ1v) is 6.74. The van der Waals surface area contributed by atoms with E-state index in [1.807, 2.05) is 0 Å². The monoisotopic (exact) mass is 250 g/mol. The van der Waals surface area contributed by atoms with Crippen LogP contribution in [0.4, 0.5) is 0 Å². The summed E-state index contributed by atoms with van der Waals surface area (Å²) in [7, 11) is 0. The van der Waals surface area contributed by atoms with Crippen molar-refractivity contribution in [1.82, 2.24) is 20.1 Å². The van der Waals surface area contributed by atoms with Crippen molar-refractivity contribution in [3.8, 4) is 0 Å². The van der Waals surface area contributed by atoms with Crippen LogP contribution in [0.1, 0.15) is 36.2 Å². The highest BCUT2D eigenvalue weighted by Crippen LogP contribution is 2.23. The number of hydrogen-bond acceptors (Lipinski definition) is 4. The van der Waals surface area contributed by atoms with Crippen LogP contribution in [-0.4, -0.2) is 14.8 Å². The lowest BCUT2D eigenvalue weighted by atomic mass is 10.2. The van der Waals surface area contributed by atoms with E-state index in [4.69, 9.17) is 0 Å². The van der Waals surface area contributed by atoms with Gasteiger partial charge >= 0.3 is 0 Å². The molecule has 0 aliphatic carbocycles. The van der Waals surface area contributed by atoms with Gasteiger partial charge in [-0.1, -0.05) is 0 Å². The largest absolute Gasteiger partial charge is 0.317 e. The molecule has 4 nitrogen and oxygen atoms in total. The van der Waals surface area contributed by atoms with Crippen molar-refractivity contribution in [3.05, 3.63) is 34.0 Å². The van der Waals surface area contributed by atoms with Crippen molar-refractivity contribution in [3.63, 3.8) is 0 Å². The van der Waals surface area contributed by atoms with E-state index in [1.54, 1.807) is 17.7 Å². The molecule has 0 amide bonds. The van der Waals surface area contributed by atoms with Crippen molar-refractivity contribution in [2.75, 3.05) is 0 Å². The molecule has 0 aliphatic heterocycles. The van der Waals surface area contributed by atoms with Crippen LogP contribution in [0.15, 0.2) is 17.8 Å². The Morgan fingerprint density at radius 3 is 3.00 bits per heavy atom. The molecule has 2 rings (SSSR count). The number of hydrogen-bond donors (Lipinski definition) is 1. The molecule has 5 heteroatoms. The highest BCUT2D eigenvalue weighted by atomic mass is 32.1. The van der Waals surface area contributed by atoms with Gasteiger partial charge in [0.1, 0.15) is 12.2 Å². The lowest BCUT2D eigenvalue weighted by Crippen LogP contribution is -2.20. The Morgan fingerprint density at radius 2 is 2.35 bits per heavy atom. The van der Waals surface area contributed by atoms with Crippen LogP contribution >= 0.6 is 11.3 Å². The first kappa shape index (κ1) is 12.3. The van der Waals surface area contributed by atoms with E-state index in [-0.39, 0.29) is 0 Å². The number of rotatable bonds is 5. The third-order valence-corrected chi connectivity index (χ3v) is 4.10. The van der Waals surface area contributed by atoms with Crippen LogP contribution in [0.5, 0.6) is 0 Å². The molecule has 17 heavy (non-hydrogen) atoms. The molecule has 0 saturated carbocycles. The molecule has 0 fully saturated rings. The second-order valence-electron chi connectivity index (χ2n) is 4.10. The molecular weight excluding hydrogens is 232 g/mol. The minimum Gasteiger partial charge on any atom is -0.317 e. The second-order valence-corrected chi connectivity index (χ2v) is 5.05. The number of aromatic nitrogens is 3. The van der Waals surface area contributed by atoms with Crippen LogP contribution in [0.25, 0.3) is 0 Å². The van der Waals surface area contributed by atoms with Gasteiger partial charge in [-0.25, -0.2) is 0 Å². The molecule has 0 spiro atoms. The zero-order valence-corrected chi connectivity index (χ0v) is 11.3. The van der Waals surface area contributed by atoms with E-state index in [1.165, 1.54) is 10.4 Å². The predicted molar refractivity (Wildman–Crippen MR) is 70.0 cm³/mol. The summed E-state index contributed by atoms with van der Waals surface area (Å²) in [6, 6.07) is 2.52. The van der Waals surface area contributed by atoms with E-state index < -0.39 is 0 Å². The SMILES string of the molecule is CCn1cnnc1CNC(C)c1sccc1C. The van der Waals surface area contributed by atoms with Crippen LogP contribution < -0.4 is 5.32 Å². The van der Waals surface area contributed by atoms with Gasteiger partial charge in [0, 0.05) is 17.5 Å². The van der Waals surface area contributed by atoms with Crippen molar-refractivity contribution in [2.45, 2.75) is 39.9 Å². The summed E-state index contributed by atoms with van der Waals surface area (Å²) in [6.07, 6.45) is 1.78. The van der Waals surface area contributed by atoms with Gasteiger partial charge in [-0.15, -0.1) is 21.5 Å². The molecule has 2 heterocycles. The number of nitrogens with one attached hydrogen (secondary N) is 1. The van der Waals surface area contributed by atoms with Crippen LogP contribution in [0.2, 0.25) is 0 Å². The maximum Gasteiger partial charge on any atom is 0.146 e. The topological polar surface area (TPSA) is 42.7 Å². The highest BCUT2D eigenvalue weighted by molar-refractivity contribution is 7.10. The molecule has 2 aromatic heterocycles. The molecular formula is C12H18N4S. The van der Waals surface area contributed by atoms with E-state index in [2.05, 4.69) is 52.3 Å². The Hall–Kier alpha value is -1.20. The highest BCUT2D eigenvalue weighted by Gasteiger charge is 2.10. The molecule has 92 valence electrons. The fourth-order valence-electron chi connectivity index (χ4n) is 1.85. The second kappa shape index (κ2) is 5.42. The quantitative estimate of drug-likeness (QED) is 0.886. The van der Waals surface area contributed by atoms with Crippen LogP contribution in [0.3, 0.4) is 0 Å². The summed E-state index contributed by atoms with van der Waals surface area (Å²) < 4.78 is 2.06. The van der Waals surface area contributed by atoms with Crippen LogP contribution in [0, 0.1) is 6.92 Å². The van der Waals surface area contributed by atoms with Gasteiger partial charge < -0.3 is 9.88 Å². The van der Waals surface area contributed by atoms with E-state index >= 15 is 0 Å². The Morgan fingerprint density at radius 1 is 1.53 bits per heavy atom. The maximum atomic E-state index is 4.12. The standard InChI is InChI=1S/C12H18N4S/c1-4-16-8-14-15-11(16)7-13-10(3)12-9(2)5-6-17-12/h5-6,8,10,13H,4,7H2,1-3H3. The smallest absolute Gasteiger partial charge is 0.146 e. The zero-order chi connectivity index (χ0) is 12.3. The molecule has 0 radical (unpaired) electrons. The van der Waals surface area contributed by atoms with Crippen molar-refractivity contribution in [1.29, 1.82) is 0 Å². The van der Waals surface area contributed by atoms with Crippen molar-refractivity contribution < 1.29 is 0 Å². The van der Waals surface area contributed by atoms with Gasteiger partial charge in [0.2, 0.25) is 0 Å². The summed E-state index contributed by atoms with van der Waals surface area (Å²) in [6.45, 7) is 8.10. The Labute approximate surface area is 106 Å². The van der Waals surface area contributed by atoms with E-state index in [9.17, 15) is 0 Å². The molecule has 0 aromatic carbocycles. The average Bonchev–Trinajstić information content (AvgIpc) is 2.94. The molecule has 0 bridgehead atoms. The van der Waals surface area contributed by atoms with E-state index in [0.717, 1.165) is 18.9 Å². The fourth-order valence-corrected chi connectivity index (χ4v) is 2.81. The fraction of sp³-hybridized carbons (Fsp3) is 0.500. The summed E-state index contributed by atoms with van der Waals surface area (Å²) >= 11 is 1.80. The molecule has 1 atom stereocenters. The van der Waals surface area contributed by atoms with Crippen molar-refractivity contribution in [2.24, 2.45) is 0 Å². The Bertz CT molecular complexity index is 474. The van der Waals surface area contributed by atoms with Crippen LogP contribution in [-0.2, 0) is 13.1 Å². The summed E-state index contributed by atoms with van der Waals surface area (Å²) in [5, 5.41) is 13.7. The maximum absolute atomic E-state index is 4.12. The molecule has 0 aliphatic rings. The molecule has 1 unspecified atom stereocenters. The normalized spacial score (nSPS) is 12.9.